The fourth-order valence-electron chi connectivity index (χ4n) is 2.90. The summed E-state index contributed by atoms with van der Waals surface area (Å²) >= 11 is 0. The third kappa shape index (κ3) is 12.6. The Hall–Kier alpha value is -1.35. The first-order chi connectivity index (χ1) is 12.3. The smallest absolute Gasteiger partial charge is 0.293 e. The summed E-state index contributed by atoms with van der Waals surface area (Å²) in [4.78, 5) is 21.4. The summed E-state index contributed by atoms with van der Waals surface area (Å²) in [5, 5.41) is 0. The molecule has 25 heavy (non-hydrogen) atoms. The Balaban J connectivity index is 1.78. The summed E-state index contributed by atoms with van der Waals surface area (Å²) in [6, 6.07) is 8.92. The Morgan fingerprint density at radius 3 is 1.72 bits per heavy atom. The van der Waals surface area contributed by atoms with Crippen molar-refractivity contribution in [2.45, 2.75) is 90.4 Å². The molecule has 1 rings (SSSR count). The highest BCUT2D eigenvalue weighted by Crippen LogP contribution is 2.12. The van der Waals surface area contributed by atoms with Crippen LogP contribution < -0.4 is 0 Å². The summed E-state index contributed by atoms with van der Waals surface area (Å²) in [7, 11) is 0. The number of carbonyl (C=O) groups excluding carboxylic acids is 1. The Morgan fingerprint density at radius 2 is 1.20 bits per heavy atom. The zero-order chi connectivity index (χ0) is 18.0. The van der Waals surface area contributed by atoms with Gasteiger partial charge >= 0.3 is 5.97 Å². The molecule has 0 heterocycles. The molecule has 0 atom stereocenters. The maximum Gasteiger partial charge on any atom is 0.373 e. The van der Waals surface area contributed by atoms with Crippen LogP contribution >= 0.6 is 0 Å². The van der Waals surface area contributed by atoms with E-state index in [0.717, 1.165) is 12.8 Å². The molecule has 0 saturated carbocycles. The topological polar surface area (TPSA) is 35.5 Å². The molecule has 1 aromatic carbocycles. The number of hydrogen-bond donors (Lipinski definition) is 0. The SMILES string of the molecule is CCCCCCCCCCCCCCCOOC(=O)c1ccccc1. The molecule has 0 radical (unpaired) electrons. The summed E-state index contributed by atoms with van der Waals surface area (Å²) in [5.74, 6) is -0.421. The maximum absolute atomic E-state index is 11.6. The first-order valence-electron chi connectivity index (χ1n) is 10.2. The normalized spacial score (nSPS) is 10.8. The van der Waals surface area contributed by atoms with E-state index in [1.165, 1.54) is 70.6 Å². The third-order valence-electron chi connectivity index (χ3n) is 4.48. The van der Waals surface area contributed by atoms with E-state index in [1.54, 1.807) is 12.1 Å². The lowest BCUT2D eigenvalue weighted by Crippen LogP contribution is -2.06. The molecule has 3 heteroatoms. The zero-order valence-electron chi connectivity index (χ0n) is 16.0. The van der Waals surface area contributed by atoms with Crippen LogP contribution in [0.15, 0.2) is 30.3 Å². The molecule has 0 aliphatic rings. The minimum absolute atomic E-state index is 0.421. The van der Waals surface area contributed by atoms with Gasteiger partial charge in [-0.05, 0) is 18.6 Å². The van der Waals surface area contributed by atoms with E-state index < -0.39 is 5.97 Å². The largest absolute Gasteiger partial charge is 0.373 e. The molecule has 0 unspecified atom stereocenters. The molecule has 3 nitrogen and oxygen atoms in total. The molecule has 0 amide bonds. The second-order valence-electron chi connectivity index (χ2n) is 6.80. The molecular weight excluding hydrogens is 312 g/mol. The second kappa shape index (κ2) is 16.1. The fourth-order valence-corrected chi connectivity index (χ4v) is 2.90. The van der Waals surface area contributed by atoms with Gasteiger partial charge in [-0.1, -0.05) is 102 Å². The first kappa shape index (κ1) is 21.7. The van der Waals surface area contributed by atoms with Crippen LogP contribution in [0.5, 0.6) is 0 Å². The lowest BCUT2D eigenvalue weighted by molar-refractivity contribution is -0.241. The predicted molar refractivity (Wildman–Crippen MR) is 104 cm³/mol. The molecule has 0 N–H and O–H groups in total. The Labute approximate surface area is 154 Å². The number of hydrogen-bond acceptors (Lipinski definition) is 3. The van der Waals surface area contributed by atoms with Gasteiger partial charge in [-0.25, -0.2) is 4.79 Å². The van der Waals surface area contributed by atoms with Crippen LogP contribution in [-0.4, -0.2) is 12.6 Å². The van der Waals surface area contributed by atoms with E-state index >= 15 is 0 Å². The van der Waals surface area contributed by atoms with Crippen LogP contribution in [0.2, 0.25) is 0 Å². The van der Waals surface area contributed by atoms with Crippen LogP contribution in [-0.2, 0) is 9.78 Å². The Kier molecular flexibility index (Phi) is 14.0. The van der Waals surface area contributed by atoms with Crippen LogP contribution in [0.3, 0.4) is 0 Å². The molecule has 0 fully saturated rings. The van der Waals surface area contributed by atoms with Gasteiger partial charge in [-0.15, -0.1) is 0 Å². The van der Waals surface area contributed by atoms with Gasteiger partial charge in [0, 0.05) is 0 Å². The van der Waals surface area contributed by atoms with Gasteiger partial charge in [-0.2, -0.15) is 4.89 Å². The molecule has 0 spiro atoms. The van der Waals surface area contributed by atoms with E-state index in [-0.39, 0.29) is 0 Å². The van der Waals surface area contributed by atoms with Crippen molar-refractivity contribution in [1.29, 1.82) is 0 Å². The highest BCUT2D eigenvalue weighted by atomic mass is 17.2. The van der Waals surface area contributed by atoms with Crippen molar-refractivity contribution in [2.24, 2.45) is 0 Å². The molecule has 0 aliphatic heterocycles. The minimum atomic E-state index is -0.421. The summed E-state index contributed by atoms with van der Waals surface area (Å²) in [6.45, 7) is 2.75. The van der Waals surface area contributed by atoms with Gasteiger partial charge in [0.25, 0.3) is 0 Å². The summed E-state index contributed by atoms with van der Waals surface area (Å²) < 4.78 is 0. The van der Waals surface area contributed by atoms with Crippen molar-refractivity contribution in [3.63, 3.8) is 0 Å². The predicted octanol–water partition coefficient (Wildman–Crippen LogP) is 6.87. The van der Waals surface area contributed by atoms with Crippen molar-refractivity contribution in [3.8, 4) is 0 Å². The quantitative estimate of drug-likeness (QED) is 0.186. The van der Waals surface area contributed by atoms with Crippen molar-refractivity contribution < 1.29 is 14.6 Å². The van der Waals surface area contributed by atoms with Crippen LogP contribution in [0, 0.1) is 0 Å². The van der Waals surface area contributed by atoms with E-state index in [9.17, 15) is 4.79 Å². The molecule has 0 saturated heterocycles. The number of rotatable bonds is 16. The van der Waals surface area contributed by atoms with E-state index in [4.69, 9.17) is 9.78 Å². The maximum atomic E-state index is 11.6. The number of carbonyl (C=O) groups is 1. The second-order valence-corrected chi connectivity index (χ2v) is 6.80. The average molecular weight is 349 g/mol. The Morgan fingerprint density at radius 1 is 0.720 bits per heavy atom. The Bertz CT molecular complexity index is 417. The van der Waals surface area contributed by atoms with E-state index in [2.05, 4.69) is 6.92 Å². The standard InChI is InChI=1S/C22H36O3/c1-2-3-4-5-6-7-8-9-10-11-12-13-17-20-24-25-22(23)21-18-15-14-16-19-21/h14-16,18-19H,2-13,17,20H2,1H3. The molecule has 142 valence electrons. The van der Waals surface area contributed by atoms with Crippen molar-refractivity contribution in [1.82, 2.24) is 0 Å². The van der Waals surface area contributed by atoms with Gasteiger partial charge < -0.3 is 0 Å². The van der Waals surface area contributed by atoms with E-state index in [1.807, 2.05) is 18.2 Å². The van der Waals surface area contributed by atoms with Gasteiger partial charge in [0.05, 0.1) is 12.2 Å². The molecule has 0 bridgehead atoms. The highest BCUT2D eigenvalue weighted by Gasteiger charge is 2.06. The monoisotopic (exact) mass is 348 g/mol. The highest BCUT2D eigenvalue weighted by molar-refractivity contribution is 5.88. The van der Waals surface area contributed by atoms with Crippen molar-refractivity contribution in [3.05, 3.63) is 35.9 Å². The van der Waals surface area contributed by atoms with Crippen molar-refractivity contribution >= 4 is 5.97 Å². The van der Waals surface area contributed by atoms with Crippen molar-refractivity contribution in [2.75, 3.05) is 6.61 Å². The van der Waals surface area contributed by atoms with Gasteiger partial charge in [0.1, 0.15) is 0 Å². The van der Waals surface area contributed by atoms with Crippen LogP contribution in [0.25, 0.3) is 0 Å². The number of unbranched alkanes of at least 4 members (excludes halogenated alkanes) is 12. The van der Waals surface area contributed by atoms with Gasteiger partial charge in [0.15, 0.2) is 0 Å². The van der Waals surface area contributed by atoms with Gasteiger partial charge in [-0.3, -0.25) is 4.89 Å². The molecular formula is C22H36O3. The third-order valence-corrected chi connectivity index (χ3v) is 4.48. The first-order valence-corrected chi connectivity index (χ1v) is 10.2. The lowest BCUT2D eigenvalue weighted by atomic mass is 10.0. The number of benzene rings is 1. The van der Waals surface area contributed by atoms with Gasteiger partial charge in [0.2, 0.25) is 0 Å². The average Bonchev–Trinajstić information content (AvgIpc) is 2.65. The van der Waals surface area contributed by atoms with Crippen LogP contribution in [0.1, 0.15) is 101 Å². The van der Waals surface area contributed by atoms with Crippen LogP contribution in [0.4, 0.5) is 0 Å². The fraction of sp³-hybridized carbons (Fsp3) is 0.682. The van der Waals surface area contributed by atoms with E-state index in [0.29, 0.717) is 12.2 Å². The summed E-state index contributed by atoms with van der Waals surface area (Å²) in [6.07, 6.45) is 17.1. The molecule has 1 aromatic rings. The zero-order valence-corrected chi connectivity index (χ0v) is 16.0. The molecule has 0 aliphatic carbocycles. The lowest BCUT2D eigenvalue weighted by Gasteiger charge is -2.04. The minimum Gasteiger partial charge on any atom is -0.293 e. The molecule has 0 aromatic heterocycles. The summed E-state index contributed by atoms with van der Waals surface area (Å²) in [5.41, 5.74) is 0.521.